The Balaban J connectivity index is 1.69. The molecule has 1 amide bonds. The van der Waals surface area contributed by atoms with Gasteiger partial charge in [-0.05, 0) is 61.3 Å². The molecule has 0 radical (unpaired) electrons. The Morgan fingerprint density at radius 3 is 2.63 bits per heavy atom. The fraction of sp³-hybridized carbons (Fsp3) is 0.929. The van der Waals surface area contributed by atoms with E-state index in [1.165, 1.54) is 19.3 Å². The molecule has 19 heavy (non-hydrogen) atoms. The fourth-order valence-electron chi connectivity index (χ4n) is 5.44. The number of nitrogens with zero attached hydrogens (tertiary/aromatic N) is 3. The van der Waals surface area contributed by atoms with E-state index in [-0.39, 0.29) is 11.3 Å². The average Bonchev–Trinajstić information content (AvgIpc) is 2.31. The molecule has 4 rings (SSSR count). The third kappa shape index (κ3) is 2.20. The zero-order valence-corrected chi connectivity index (χ0v) is 11.6. The van der Waals surface area contributed by atoms with E-state index < -0.39 is 0 Å². The minimum Gasteiger partial charge on any atom is -0.355 e. The lowest BCUT2D eigenvalue weighted by Crippen LogP contribution is -2.56. The molecule has 4 aliphatic rings. The van der Waals surface area contributed by atoms with Crippen LogP contribution in [0.5, 0.6) is 0 Å². The lowest BCUT2D eigenvalue weighted by Gasteiger charge is -2.60. The first kappa shape index (κ1) is 12.8. The highest BCUT2D eigenvalue weighted by atomic mass is 16.2. The largest absolute Gasteiger partial charge is 0.355 e. The van der Waals surface area contributed by atoms with E-state index in [4.69, 9.17) is 5.53 Å². The highest BCUT2D eigenvalue weighted by Crippen LogP contribution is 2.65. The van der Waals surface area contributed by atoms with Crippen LogP contribution in [-0.4, -0.2) is 19.0 Å². The molecule has 2 unspecified atom stereocenters. The van der Waals surface area contributed by atoms with E-state index in [2.05, 4.69) is 22.3 Å². The summed E-state index contributed by atoms with van der Waals surface area (Å²) in [6, 6.07) is 0. The zero-order chi connectivity index (χ0) is 13.5. The number of rotatable bonds is 4. The Hall–Kier alpha value is -1.22. The number of hydrogen-bond donors (Lipinski definition) is 1. The highest BCUT2D eigenvalue weighted by molar-refractivity contribution is 5.83. The topological polar surface area (TPSA) is 77.9 Å². The van der Waals surface area contributed by atoms with Gasteiger partial charge >= 0.3 is 0 Å². The summed E-state index contributed by atoms with van der Waals surface area (Å²) in [6.07, 6.45) is 7.18. The van der Waals surface area contributed by atoms with Crippen molar-refractivity contribution in [3.8, 4) is 0 Å². The van der Waals surface area contributed by atoms with Crippen LogP contribution in [0.15, 0.2) is 5.11 Å². The monoisotopic (exact) mass is 262 g/mol. The summed E-state index contributed by atoms with van der Waals surface area (Å²) in [4.78, 5) is 15.3. The van der Waals surface area contributed by atoms with Crippen molar-refractivity contribution in [3.63, 3.8) is 0 Å². The van der Waals surface area contributed by atoms with Gasteiger partial charge in [0.1, 0.15) is 0 Å². The number of carbonyl (C=O) groups is 1. The molecule has 0 aromatic rings. The maximum atomic E-state index is 12.6. The van der Waals surface area contributed by atoms with Crippen molar-refractivity contribution in [2.45, 2.75) is 45.4 Å². The molecule has 5 nitrogen and oxygen atoms in total. The normalized spacial score (nSPS) is 42.8. The molecule has 4 aliphatic carbocycles. The van der Waals surface area contributed by atoms with E-state index >= 15 is 0 Å². The van der Waals surface area contributed by atoms with E-state index in [0.717, 1.165) is 31.1 Å². The first-order valence-electron chi connectivity index (χ1n) is 7.34. The third-order valence-electron chi connectivity index (χ3n) is 5.40. The SMILES string of the molecule is CC12CC3CC(C1)CC(C(=O)NCCN=[N+]=[N-])(C3)C2. The standard InChI is InChI=1S/C14H22N4O/c1-13-5-10-4-11(6-13)8-14(7-10,9-13)12(19)16-2-3-17-18-15/h10-11H,2-9H2,1H3,(H,16,19). The summed E-state index contributed by atoms with van der Waals surface area (Å²) in [5, 5.41) is 6.46. The van der Waals surface area contributed by atoms with Crippen LogP contribution in [0, 0.1) is 22.7 Å². The molecule has 0 saturated heterocycles. The first-order valence-corrected chi connectivity index (χ1v) is 7.34. The molecule has 0 aromatic heterocycles. The van der Waals surface area contributed by atoms with Crippen LogP contribution < -0.4 is 5.32 Å². The Morgan fingerprint density at radius 2 is 2.05 bits per heavy atom. The molecular formula is C14H22N4O. The predicted molar refractivity (Wildman–Crippen MR) is 72.2 cm³/mol. The minimum atomic E-state index is -0.116. The maximum Gasteiger partial charge on any atom is 0.226 e. The first-order chi connectivity index (χ1) is 9.05. The van der Waals surface area contributed by atoms with Gasteiger partial charge in [-0.3, -0.25) is 4.79 Å². The molecule has 0 spiro atoms. The van der Waals surface area contributed by atoms with Crippen LogP contribution >= 0.6 is 0 Å². The molecule has 5 heteroatoms. The van der Waals surface area contributed by atoms with Crippen molar-refractivity contribution < 1.29 is 4.79 Å². The Kier molecular flexibility index (Phi) is 2.97. The molecule has 2 atom stereocenters. The second-order valence-corrected chi connectivity index (χ2v) is 7.26. The quantitative estimate of drug-likeness (QED) is 0.359. The molecule has 1 N–H and O–H groups in total. The van der Waals surface area contributed by atoms with Crippen LogP contribution in [0.25, 0.3) is 10.4 Å². The molecule has 4 fully saturated rings. The van der Waals surface area contributed by atoms with Gasteiger partial charge in [0.2, 0.25) is 5.91 Å². The van der Waals surface area contributed by atoms with Gasteiger partial charge in [-0.25, -0.2) is 0 Å². The van der Waals surface area contributed by atoms with Gasteiger partial charge in [-0.15, -0.1) is 0 Å². The maximum absolute atomic E-state index is 12.6. The lowest BCUT2D eigenvalue weighted by atomic mass is 9.44. The predicted octanol–water partition coefficient (Wildman–Crippen LogP) is 3.02. The summed E-state index contributed by atoms with van der Waals surface area (Å²) in [6.45, 7) is 3.19. The van der Waals surface area contributed by atoms with Crippen LogP contribution in [0.1, 0.15) is 45.4 Å². The van der Waals surface area contributed by atoms with Gasteiger partial charge in [0, 0.05) is 18.0 Å². The summed E-state index contributed by atoms with van der Waals surface area (Å²) in [7, 11) is 0. The second-order valence-electron chi connectivity index (χ2n) is 7.26. The highest BCUT2D eigenvalue weighted by Gasteiger charge is 2.58. The molecule has 0 aromatic carbocycles. The summed E-state index contributed by atoms with van der Waals surface area (Å²) >= 11 is 0. The Labute approximate surface area is 113 Å². The molecule has 0 heterocycles. The van der Waals surface area contributed by atoms with Crippen molar-refractivity contribution in [1.29, 1.82) is 0 Å². The summed E-state index contributed by atoms with van der Waals surface area (Å²) in [5.74, 6) is 1.73. The second kappa shape index (κ2) is 4.41. The fourth-order valence-corrected chi connectivity index (χ4v) is 5.44. The molecule has 0 aliphatic heterocycles. The molecular weight excluding hydrogens is 240 g/mol. The van der Waals surface area contributed by atoms with Gasteiger partial charge in [0.05, 0.1) is 5.41 Å². The van der Waals surface area contributed by atoms with Crippen molar-refractivity contribution in [3.05, 3.63) is 10.4 Å². The smallest absolute Gasteiger partial charge is 0.226 e. The van der Waals surface area contributed by atoms with Crippen molar-refractivity contribution in [2.24, 2.45) is 27.8 Å². The van der Waals surface area contributed by atoms with Crippen LogP contribution in [0.3, 0.4) is 0 Å². The van der Waals surface area contributed by atoms with Crippen molar-refractivity contribution >= 4 is 5.91 Å². The van der Waals surface area contributed by atoms with Crippen molar-refractivity contribution in [1.82, 2.24) is 5.32 Å². The number of hydrogen-bond acceptors (Lipinski definition) is 2. The number of carbonyl (C=O) groups excluding carboxylic acids is 1. The summed E-state index contributed by atoms with van der Waals surface area (Å²) < 4.78 is 0. The average molecular weight is 262 g/mol. The van der Waals surface area contributed by atoms with E-state index in [1.807, 2.05) is 0 Å². The van der Waals surface area contributed by atoms with Crippen LogP contribution in [0.2, 0.25) is 0 Å². The van der Waals surface area contributed by atoms with E-state index in [1.54, 1.807) is 0 Å². The number of nitrogens with one attached hydrogen (secondary N) is 1. The zero-order valence-electron chi connectivity index (χ0n) is 11.6. The summed E-state index contributed by atoms with van der Waals surface area (Å²) in [5.41, 5.74) is 8.52. The number of azide groups is 1. The van der Waals surface area contributed by atoms with Crippen LogP contribution in [0.4, 0.5) is 0 Å². The van der Waals surface area contributed by atoms with Gasteiger partial charge in [0.25, 0.3) is 0 Å². The lowest BCUT2D eigenvalue weighted by molar-refractivity contribution is -0.155. The third-order valence-corrected chi connectivity index (χ3v) is 5.40. The van der Waals surface area contributed by atoms with Gasteiger partial charge in [-0.2, -0.15) is 0 Å². The molecule has 104 valence electrons. The Morgan fingerprint density at radius 1 is 1.37 bits per heavy atom. The van der Waals surface area contributed by atoms with E-state index in [0.29, 0.717) is 18.5 Å². The minimum absolute atomic E-state index is 0.116. The molecule has 4 saturated carbocycles. The van der Waals surface area contributed by atoms with Gasteiger partial charge in [-0.1, -0.05) is 12.0 Å². The van der Waals surface area contributed by atoms with E-state index in [9.17, 15) is 4.79 Å². The molecule has 4 bridgehead atoms. The number of amides is 1. The Bertz CT molecular complexity index is 427. The van der Waals surface area contributed by atoms with Gasteiger partial charge in [0.15, 0.2) is 0 Å². The van der Waals surface area contributed by atoms with Crippen molar-refractivity contribution in [2.75, 3.05) is 13.1 Å². The van der Waals surface area contributed by atoms with Crippen LogP contribution in [-0.2, 0) is 4.79 Å². The van der Waals surface area contributed by atoms with Gasteiger partial charge < -0.3 is 5.32 Å².